The first-order valence-corrected chi connectivity index (χ1v) is 6.57. The van der Waals surface area contributed by atoms with E-state index in [1.165, 1.54) is 18.9 Å². The van der Waals surface area contributed by atoms with E-state index >= 15 is 0 Å². The molecule has 5 nitrogen and oxygen atoms in total. The standard InChI is InChI=1S/C12H14F3N5/c13-12(14,15)11-18-17-10-6-5-9(19-20(10)11)16-7-8-3-1-2-4-8/h5-6,8H,1-4,7H2,(H,16,19). The van der Waals surface area contributed by atoms with Gasteiger partial charge in [-0.3, -0.25) is 0 Å². The molecule has 1 fully saturated rings. The van der Waals surface area contributed by atoms with Crippen LogP contribution in [-0.2, 0) is 6.18 Å². The summed E-state index contributed by atoms with van der Waals surface area (Å²) in [5, 5.41) is 13.6. The Hall–Kier alpha value is -1.86. The number of anilines is 1. The molecule has 2 aromatic heterocycles. The topological polar surface area (TPSA) is 55.1 Å². The van der Waals surface area contributed by atoms with Gasteiger partial charge in [-0.2, -0.15) is 17.7 Å². The smallest absolute Gasteiger partial charge is 0.368 e. The molecule has 0 spiro atoms. The number of rotatable bonds is 3. The zero-order valence-electron chi connectivity index (χ0n) is 10.7. The zero-order valence-corrected chi connectivity index (χ0v) is 10.7. The second-order valence-corrected chi connectivity index (χ2v) is 5.04. The van der Waals surface area contributed by atoms with Gasteiger partial charge in [-0.05, 0) is 30.9 Å². The normalized spacial score (nSPS) is 16.9. The van der Waals surface area contributed by atoms with Crippen LogP contribution in [0.15, 0.2) is 12.1 Å². The van der Waals surface area contributed by atoms with Crippen LogP contribution in [0.25, 0.3) is 5.65 Å². The van der Waals surface area contributed by atoms with Crippen molar-refractivity contribution in [1.29, 1.82) is 0 Å². The number of aromatic nitrogens is 4. The summed E-state index contributed by atoms with van der Waals surface area (Å²) in [6.45, 7) is 0.738. The van der Waals surface area contributed by atoms with E-state index in [0.717, 1.165) is 23.9 Å². The minimum Gasteiger partial charge on any atom is -0.368 e. The maximum atomic E-state index is 12.7. The van der Waals surface area contributed by atoms with E-state index in [1.807, 2.05) is 0 Å². The van der Waals surface area contributed by atoms with Gasteiger partial charge in [0.25, 0.3) is 5.82 Å². The molecule has 0 bridgehead atoms. The van der Waals surface area contributed by atoms with Gasteiger partial charge < -0.3 is 5.32 Å². The Morgan fingerprint density at radius 3 is 2.65 bits per heavy atom. The molecule has 1 aliphatic carbocycles. The van der Waals surface area contributed by atoms with Crippen molar-refractivity contribution < 1.29 is 13.2 Å². The second-order valence-electron chi connectivity index (χ2n) is 5.04. The Kier molecular flexibility index (Phi) is 3.23. The van der Waals surface area contributed by atoms with Gasteiger partial charge in [0.15, 0.2) is 5.65 Å². The van der Waals surface area contributed by atoms with Crippen molar-refractivity contribution in [1.82, 2.24) is 19.8 Å². The van der Waals surface area contributed by atoms with Gasteiger partial charge >= 0.3 is 6.18 Å². The molecule has 1 aliphatic rings. The van der Waals surface area contributed by atoms with E-state index in [2.05, 4.69) is 20.6 Å². The van der Waals surface area contributed by atoms with Gasteiger partial charge in [-0.15, -0.1) is 15.3 Å². The fraction of sp³-hybridized carbons (Fsp3) is 0.583. The molecule has 20 heavy (non-hydrogen) atoms. The van der Waals surface area contributed by atoms with Gasteiger partial charge in [-0.1, -0.05) is 12.8 Å². The molecule has 8 heteroatoms. The molecule has 0 saturated heterocycles. The summed E-state index contributed by atoms with van der Waals surface area (Å²) in [4.78, 5) is 0. The maximum absolute atomic E-state index is 12.7. The minimum absolute atomic E-state index is 0.0868. The van der Waals surface area contributed by atoms with Crippen LogP contribution in [0, 0.1) is 5.92 Å². The third kappa shape index (κ3) is 2.54. The van der Waals surface area contributed by atoms with Crippen LogP contribution in [0.1, 0.15) is 31.5 Å². The predicted octanol–water partition coefficient (Wildman–Crippen LogP) is 2.75. The third-order valence-electron chi connectivity index (χ3n) is 3.56. The average molecular weight is 285 g/mol. The highest BCUT2D eigenvalue weighted by Crippen LogP contribution is 2.28. The fourth-order valence-corrected chi connectivity index (χ4v) is 2.52. The molecule has 0 amide bonds. The van der Waals surface area contributed by atoms with Crippen molar-refractivity contribution >= 4 is 11.5 Å². The van der Waals surface area contributed by atoms with Crippen molar-refractivity contribution in [2.24, 2.45) is 5.92 Å². The monoisotopic (exact) mass is 285 g/mol. The first-order valence-electron chi connectivity index (χ1n) is 6.57. The van der Waals surface area contributed by atoms with Crippen molar-refractivity contribution in [3.63, 3.8) is 0 Å². The van der Waals surface area contributed by atoms with E-state index in [1.54, 1.807) is 6.07 Å². The number of halogens is 3. The van der Waals surface area contributed by atoms with Crippen LogP contribution >= 0.6 is 0 Å². The Bertz CT molecular complexity index is 601. The minimum atomic E-state index is -4.56. The van der Waals surface area contributed by atoms with Gasteiger partial charge in [0.2, 0.25) is 0 Å². The summed E-state index contributed by atoms with van der Waals surface area (Å²) < 4.78 is 38.9. The summed E-state index contributed by atoms with van der Waals surface area (Å²) in [5.74, 6) is -0.109. The fourth-order valence-electron chi connectivity index (χ4n) is 2.52. The van der Waals surface area contributed by atoms with E-state index in [0.29, 0.717) is 11.7 Å². The van der Waals surface area contributed by atoms with Crippen LogP contribution in [0.4, 0.5) is 19.0 Å². The number of nitrogens with one attached hydrogen (secondary N) is 1. The van der Waals surface area contributed by atoms with E-state index < -0.39 is 12.0 Å². The van der Waals surface area contributed by atoms with Gasteiger partial charge in [0.1, 0.15) is 5.82 Å². The summed E-state index contributed by atoms with van der Waals surface area (Å²) in [6, 6.07) is 3.10. The van der Waals surface area contributed by atoms with Crippen molar-refractivity contribution in [3.05, 3.63) is 18.0 Å². The average Bonchev–Trinajstić information content (AvgIpc) is 3.04. The Labute approximate surface area is 113 Å². The Morgan fingerprint density at radius 1 is 1.20 bits per heavy atom. The quantitative estimate of drug-likeness (QED) is 0.942. The molecule has 1 saturated carbocycles. The molecule has 0 unspecified atom stereocenters. The van der Waals surface area contributed by atoms with Crippen LogP contribution < -0.4 is 5.32 Å². The third-order valence-corrected chi connectivity index (χ3v) is 3.56. The Balaban J connectivity index is 1.81. The number of hydrogen-bond acceptors (Lipinski definition) is 4. The molecule has 0 aromatic carbocycles. The molecule has 0 aliphatic heterocycles. The van der Waals surface area contributed by atoms with Crippen LogP contribution in [-0.4, -0.2) is 26.4 Å². The first-order chi connectivity index (χ1) is 9.54. The molecule has 0 atom stereocenters. The second kappa shape index (κ2) is 4.92. The Morgan fingerprint density at radius 2 is 1.95 bits per heavy atom. The van der Waals surface area contributed by atoms with Crippen LogP contribution in [0.3, 0.4) is 0 Å². The van der Waals surface area contributed by atoms with Crippen LogP contribution in [0.2, 0.25) is 0 Å². The molecule has 1 N–H and O–H groups in total. The SMILES string of the molecule is FC(F)(F)c1nnc2ccc(NCC3CCCC3)nn12. The number of fused-ring (bicyclic) bond motifs is 1. The summed E-state index contributed by atoms with van der Waals surface area (Å²) >= 11 is 0. The lowest BCUT2D eigenvalue weighted by Crippen LogP contribution is -2.15. The van der Waals surface area contributed by atoms with E-state index in [9.17, 15) is 13.2 Å². The maximum Gasteiger partial charge on any atom is 0.453 e. The van der Waals surface area contributed by atoms with Crippen molar-refractivity contribution in [2.45, 2.75) is 31.9 Å². The van der Waals surface area contributed by atoms with E-state index in [4.69, 9.17) is 0 Å². The lowest BCUT2D eigenvalue weighted by atomic mass is 10.1. The summed E-state index contributed by atoms with van der Waals surface area (Å²) in [6.07, 6.45) is 0.215. The molecule has 3 rings (SSSR count). The molecular formula is C12H14F3N5. The highest BCUT2D eigenvalue weighted by molar-refractivity contribution is 5.44. The number of hydrogen-bond donors (Lipinski definition) is 1. The van der Waals surface area contributed by atoms with Crippen LogP contribution in [0.5, 0.6) is 0 Å². The molecule has 0 radical (unpaired) electrons. The van der Waals surface area contributed by atoms with Gasteiger partial charge in [0, 0.05) is 6.54 Å². The molecule has 2 heterocycles. The number of alkyl halides is 3. The van der Waals surface area contributed by atoms with Gasteiger partial charge in [-0.25, -0.2) is 0 Å². The van der Waals surface area contributed by atoms with Crippen molar-refractivity contribution in [2.75, 3.05) is 11.9 Å². The van der Waals surface area contributed by atoms with Crippen molar-refractivity contribution in [3.8, 4) is 0 Å². The predicted molar refractivity (Wildman–Crippen MR) is 66.2 cm³/mol. The summed E-state index contributed by atoms with van der Waals surface area (Å²) in [5.41, 5.74) is 0.0868. The molecular weight excluding hydrogens is 271 g/mol. The first kappa shape index (κ1) is 13.1. The highest BCUT2D eigenvalue weighted by Gasteiger charge is 2.37. The zero-order chi connectivity index (χ0) is 14.2. The summed E-state index contributed by atoms with van der Waals surface area (Å²) in [7, 11) is 0. The number of nitrogens with zero attached hydrogens (tertiary/aromatic N) is 4. The lowest BCUT2D eigenvalue weighted by molar-refractivity contribution is -0.146. The lowest BCUT2D eigenvalue weighted by Gasteiger charge is -2.11. The molecule has 2 aromatic rings. The molecule has 108 valence electrons. The van der Waals surface area contributed by atoms with Gasteiger partial charge in [0.05, 0.1) is 0 Å². The van der Waals surface area contributed by atoms with E-state index in [-0.39, 0.29) is 5.65 Å². The highest BCUT2D eigenvalue weighted by atomic mass is 19.4. The largest absolute Gasteiger partial charge is 0.453 e.